The van der Waals surface area contributed by atoms with Crippen LogP contribution in [0.1, 0.15) is 16.1 Å². The quantitative estimate of drug-likeness (QED) is 0.775. The molecule has 94 valence electrons. The number of benzene rings is 1. The lowest BCUT2D eigenvalue weighted by atomic mass is 10.2. The molecule has 2 aromatic heterocycles. The molecule has 0 spiro atoms. The van der Waals surface area contributed by atoms with Gasteiger partial charge in [-0.1, -0.05) is 0 Å². The predicted molar refractivity (Wildman–Crippen MR) is 74.5 cm³/mol. The normalized spacial score (nSPS) is 10.8. The second-order valence-corrected chi connectivity index (χ2v) is 5.17. The number of carboxylic acids is 1. The van der Waals surface area contributed by atoms with Gasteiger partial charge in [0.1, 0.15) is 5.01 Å². The molecule has 0 aliphatic carbocycles. The summed E-state index contributed by atoms with van der Waals surface area (Å²) in [6.45, 7) is 1.93. The molecule has 0 radical (unpaired) electrons. The number of hydrogen-bond acceptors (Lipinski definition) is 4. The van der Waals surface area contributed by atoms with Crippen molar-refractivity contribution in [2.24, 2.45) is 0 Å². The first-order valence-electron chi connectivity index (χ1n) is 5.71. The molecule has 0 saturated heterocycles. The minimum absolute atomic E-state index is 0.283. The molecule has 3 rings (SSSR count). The van der Waals surface area contributed by atoms with Gasteiger partial charge in [-0.25, -0.2) is 9.78 Å². The van der Waals surface area contributed by atoms with Crippen molar-refractivity contribution in [2.75, 3.05) is 0 Å². The van der Waals surface area contributed by atoms with Crippen molar-refractivity contribution in [3.63, 3.8) is 0 Å². The van der Waals surface area contributed by atoms with Gasteiger partial charge in [-0.05, 0) is 37.3 Å². The Labute approximate surface area is 113 Å². The van der Waals surface area contributed by atoms with Crippen molar-refractivity contribution in [3.05, 3.63) is 47.8 Å². The van der Waals surface area contributed by atoms with Crippen molar-refractivity contribution in [1.29, 1.82) is 0 Å². The van der Waals surface area contributed by atoms with E-state index in [1.165, 1.54) is 11.3 Å². The molecule has 0 amide bonds. The van der Waals surface area contributed by atoms with Crippen LogP contribution in [0.15, 0.2) is 36.5 Å². The average molecular weight is 270 g/mol. The van der Waals surface area contributed by atoms with Gasteiger partial charge in [0.2, 0.25) is 0 Å². The summed E-state index contributed by atoms with van der Waals surface area (Å²) >= 11 is 1.48. The lowest BCUT2D eigenvalue weighted by molar-refractivity contribution is 0.0697. The summed E-state index contributed by atoms with van der Waals surface area (Å²) in [5, 5.41) is 9.85. The first-order valence-corrected chi connectivity index (χ1v) is 6.52. The van der Waals surface area contributed by atoms with Gasteiger partial charge >= 0.3 is 5.97 Å². The lowest BCUT2D eigenvalue weighted by Crippen LogP contribution is -1.94. The molecule has 1 N–H and O–H groups in total. The van der Waals surface area contributed by atoms with Crippen molar-refractivity contribution in [2.45, 2.75) is 6.92 Å². The van der Waals surface area contributed by atoms with E-state index in [9.17, 15) is 4.79 Å². The molecule has 0 atom stereocenters. The van der Waals surface area contributed by atoms with Crippen LogP contribution in [0.25, 0.3) is 20.8 Å². The Morgan fingerprint density at radius 1 is 1.32 bits per heavy atom. The summed E-state index contributed by atoms with van der Waals surface area (Å²) in [4.78, 5) is 19.7. The number of thiazole rings is 1. The zero-order valence-electron chi connectivity index (χ0n) is 10.1. The summed E-state index contributed by atoms with van der Waals surface area (Å²) in [5.41, 5.74) is 3.00. The zero-order valence-corrected chi connectivity index (χ0v) is 10.9. The van der Waals surface area contributed by atoms with Gasteiger partial charge in [-0.2, -0.15) is 0 Å². The monoisotopic (exact) mass is 270 g/mol. The minimum Gasteiger partial charge on any atom is -0.478 e. The Morgan fingerprint density at radius 3 is 2.89 bits per heavy atom. The molecule has 19 heavy (non-hydrogen) atoms. The van der Waals surface area contributed by atoms with E-state index >= 15 is 0 Å². The highest BCUT2D eigenvalue weighted by Crippen LogP contribution is 2.31. The van der Waals surface area contributed by atoms with Crippen molar-refractivity contribution in [3.8, 4) is 10.6 Å². The predicted octanol–water partition coefficient (Wildman–Crippen LogP) is 3.36. The highest BCUT2D eigenvalue weighted by atomic mass is 32.1. The standard InChI is InChI=1S/C14H10N2O2S/c1-8-10(3-2-6-15-8)13-16-11-5-4-9(14(17)18)7-12(11)19-13/h2-7H,1H3,(H,17,18). The third kappa shape index (κ3) is 2.08. The first kappa shape index (κ1) is 11.8. The van der Waals surface area contributed by atoms with E-state index in [4.69, 9.17) is 5.11 Å². The second kappa shape index (κ2) is 4.44. The van der Waals surface area contributed by atoms with Crippen molar-refractivity contribution < 1.29 is 9.90 Å². The topological polar surface area (TPSA) is 63.1 Å². The van der Waals surface area contributed by atoms with E-state index in [0.717, 1.165) is 26.5 Å². The molecule has 0 aliphatic rings. The number of aromatic carboxylic acids is 1. The second-order valence-electron chi connectivity index (χ2n) is 4.14. The van der Waals surface area contributed by atoms with Gasteiger partial charge in [0.15, 0.2) is 0 Å². The van der Waals surface area contributed by atoms with E-state index in [-0.39, 0.29) is 5.56 Å². The summed E-state index contributed by atoms with van der Waals surface area (Å²) in [6.07, 6.45) is 1.74. The molecule has 2 heterocycles. The Bertz CT molecular complexity index is 780. The number of aryl methyl sites for hydroxylation is 1. The molecule has 1 aromatic carbocycles. The highest BCUT2D eigenvalue weighted by Gasteiger charge is 2.11. The number of rotatable bonds is 2. The van der Waals surface area contributed by atoms with Crippen LogP contribution < -0.4 is 0 Å². The van der Waals surface area contributed by atoms with Crippen LogP contribution in [0.3, 0.4) is 0 Å². The maximum absolute atomic E-state index is 10.9. The largest absolute Gasteiger partial charge is 0.478 e. The van der Waals surface area contributed by atoms with Crippen LogP contribution in [-0.4, -0.2) is 21.0 Å². The summed E-state index contributed by atoms with van der Waals surface area (Å²) in [7, 11) is 0. The molecule has 0 aliphatic heterocycles. The third-order valence-electron chi connectivity index (χ3n) is 2.87. The fourth-order valence-electron chi connectivity index (χ4n) is 1.88. The lowest BCUT2D eigenvalue weighted by Gasteiger charge is -1.98. The zero-order chi connectivity index (χ0) is 13.4. The van der Waals surface area contributed by atoms with Crippen LogP contribution >= 0.6 is 11.3 Å². The molecule has 0 fully saturated rings. The molecule has 3 aromatic rings. The third-order valence-corrected chi connectivity index (χ3v) is 3.92. The van der Waals surface area contributed by atoms with Crippen molar-refractivity contribution in [1.82, 2.24) is 9.97 Å². The number of pyridine rings is 1. The summed E-state index contributed by atoms with van der Waals surface area (Å²) < 4.78 is 0.873. The highest BCUT2D eigenvalue weighted by molar-refractivity contribution is 7.21. The molecular weight excluding hydrogens is 260 g/mol. The van der Waals surface area contributed by atoms with Crippen LogP contribution in [-0.2, 0) is 0 Å². The SMILES string of the molecule is Cc1ncccc1-c1nc2ccc(C(=O)O)cc2s1. The van der Waals surface area contributed by atoms with Crippen LogP contribution in [0.5, 0.6) is 0 Å². The Balaban J connectivity index is 2.17. The number of nitrogens with zero attached hydrogens (tertiary/aromatic N) is 2. The number of hydrogen-bond donors (Lipinski definition) is 1. The van der Waals surface area contributed by atoms with Gasteiger partial charge in [0.05, 0.1) is 15.8 Å². The van der Waals surface area contributed by atoms with Gasteiger partial charge in [-0.15, -0.1) is 11.3 Å². The molecule has 0 bridgehead atoms. The minimum atomic E-state index is -0.922. The maximum Gasteiger partial charge on any atom is 0.335 e. The number of carboxylic acid groups (broad SMARTS) is 1. The molecule has 4 nitrogen and oxygen atoms in total. The van der Waals surface area contributed by atoms with Crippen LogP contribution in [0.4, 0.5) is 0 Å². The van der Waals surface area contributed by atoms with Gasteiger partial charge in [0.25, 0.3) is 0 Å². The smallest absolute Gasteiger partial charge is 0.335 e. The van der Waals surface area contributed by atoms with E-state index < -0.39 is 5.97 Å². The van der Waals surface area contributed by atoms with E-state index in [2.05, 4.69) is 9.97 Å². The fourth-order valence-corrected chi connectivity index (χ4v) is 2.97. The number of fused-ring (bicyclic) bond motifs is 1. The van der Waals surface area contributed by atoms with E-state index in [1.807, 2.05) is 19.1 Å². The number of aromatic nitrogens is 2. The van der Waals surface area contributed by atoms with Gasteiger partial charge in [-0.3, -0.25) is 4.98 Å². The van der Waals surface area contributed by atoms with Crippen LogP contribution in [0.2, 0.25) is 0 Å². The average Bonchev–Trinajstić information content (AvgIpc) is 2.81. The van der Waals surface area contributed by atoms with Crippen LogP contribution in [0, 0.1) is 6.92 Å². The Kier molecular flexibility index (Phi) is 2.76. The molecule has 0 unspecified atom stereocenters. The fraction of sp³-hybridized carbons (Fsp3) is 0.0714. The molecule has 0 saturated carbocycles. The van der Waals surface area contributed by atoms with Gasteiger partial charge in [0, 0.05) is 17.5 Å². The van der Waals surface area contributed by atoms with Crippen molar-refractivity contribution >= 4 is 27.5 Å². The first-order chi connectivity index (χ1) is 9.15. The summed E-state index contributed by atoms with van der Waals surface area (Å²) in [6, 6.07) is 8.81. The Morgan fingerprint density at radius 2 is 2.16 bits per heavy atom. The molecule has 5 heteroatoms. The van der Waals surface area contributed by atoms with E-state index in [1.54, 1.807) is 24.4 Å². The van der Waals surface area contributed by atoms with Gasteiger partial charge < -0.3 is 5.11 Å². The van der Waals surface area contributed by atoms with E-state index in [0.29, 0.717) is 0 Å². The summed E-state index contributed by atoms with van der Waals surface area (Å²) in [5.74, 6) is -0.922. The number of carbonyl (C=O) groups is 1. The Hall–Kier alpha value is -2.27. The molecular formula is C14H10N2O2S. The maximum atomic E-state index is 10.9.